The Balaban J connectivity index is 4.19. The maximum Gasteiger partial charge on any atom is 0.0697 e. The second-order valence-corrected chi connectivity index (χ2v) is 9.89. The standard InChI is InChI=1S/C25H52O4/c1-22(2)15-11-7-5-9-13-17-24(25(19-26,20-27)21-28)29-18-14-10-6-8-12-16-23(3)4/h22-24,26-28H,5-21H2,1-4H3. The van der Waals surface area contributed by atoms with Crippen molar-refractivity contribution in [1.29, 1.82) is 0 Å². The first kappa shape index (κ1) is 28.8. The third kappa shape index (κ3) is 14.5. The third-order valence-corrected chi connectivity index (χ3v) is 6.12. The Hall–Kier alpha value is -0.160. The Morgan fingerprint density at radius 2 is 0.931 bits per heavy atom. The molecule has 29 heavy (non-hydrogen) atoms. The number of hydrogen-bond donors (Lipinski definition) is 3. The lowest BCUT2D eigenvalue weighted by Gasteiger charge is -2.36. The SMILES string of the molecule is CC(C)CCCCCCCOC(CCCCCCCC(C)C)C(CO)(CO)CO. The van der Waals surface area contributed by atoms with Gasteiger partial charge < -0.3 is 20.1 Å². The Labute approximate surface area is 181 Å². The highest BCUT2D eigenvalue weighted by Crippen LogP contribution is 2.28. The topological polar surface area (TPSA) is 69.9 Å². The van der Waals surface area contributed by atoms with Crippen LogP contribution in [0.25, 0.3) is 0 Å². The molecule has 0 saturated heterocycles. The second kappa shape index (κ2) is 18.6. The van der Waals surface area contributed by atoms with E-state index in [4.69, 9.17) is 4.74 Å². The van der Waals surface area contributed by atoms with Gasteiger partial charge in [0.25, 0.3) is 0 Å². The predicted molar refractivity (Wildman–Crippen MR) is 123 cm³/mol. The van der Waals surface area contributed by atoms with Crippen molar-refractivity contribution in [2.45, 2.75) is 117 Å². The van der Waals surface area contributed by atoms with Crippen LogP contribution in [0.1, 0.15) is 111 Å². The van der Waals surface area contributed by atoms with Crippen LogP contribution in [-0.2, 0) is 4.74 Å². The van der Waals surface area contributed by atoms with E-state index >= 15 is 0 Å². The van der Waals surface area contributed by atoms with Crippen molar-refractivity contribution in [3.8, 4) is 0 Å². The fourth-order valence-corrected chi connectivity index (χ4v) is 3.84. The molecule has 0 radical (unpaired) electrons. The molecule has 0 heterocycles. The maximum absolute atomic E-state index is 9.82. The summed E-state index contributed by atoms with van der Waals surface area (Å²) in [6.45, 7) is 9.00. The molecule has 0 bridgehead atoms. The molecular formula is C25H52O4. The molecular weight excluding hydrogens is 364 g/mol. The van der Waals surface area contributed by atoms with Crippen molar-refractivity contribution in [2.24, 2.45) is 17.3 Å². The molecule has 0 aliphatic rings. The first-order valence-electron chi connectivity index (χ1n) is 12.4. The lowest BCUT2D eigenvalue weighted by Crippen LogP contribution is -2.46. The summed E-state index contributed by atoms with van der Waals surface area (Å²) >= 11 is 0. The highest BCUT2D eigenvalue weighted by Gasteiger charge is 2.38. The van der Waals surface area contributed by atoms with Gasteiger partial charge in [0.1, 0.15) is 0 Å². The van der Waals surface area contributed by atoms with Crippen molar-refractivity contribution < 1.29 is 20.1 Å². The van der Waals surface area contributed by atoms with Gasteiger partial charge >= 0.3 is 0 Å². The van der Waals surface area contributed by atoms with E-state index in [1.165, 1.54) is 51.4 Å². The van der Waals surface area contributed by atoms with E-state index < -0.39 is 5.41 Å². The van der Waals surface area contributed by atoms with Crippen LogP contribution in [-0.4, -0.2) is 47.9 Å². The smallest absolute Gasteiger partial charge is 0.0697 e. The summed E-state index contributed by atoms with van der Waals surface area (Å²) in [5.74, 6) is 1.57. The number of rotatable bonds is 21. The lowest BCUT2D eigenvalue weighted by molar-refractivity contribution is -0.117. The van der Waals surface area contributed by atoms with Crippen molar-refractivity contribution in [2.75, 3.05) is 26.4 Å². The third-order valence-electron chi connectivity index (χ3n) is 6.12. The largest absolute Gasteiger partial charge is 0.396 e. The molecule has 176 valence electrons. The molecule has 0 fully saturated rings. The van der Waals surface area contributed by atoms with Gasteiger partial charge in [-0.25, -0.2) is 0 Å². The summed E-state index contributed by atoms with van der Waals surface area (Å²) in [6, 6.07) is 0. The molecule has 1 unspecified atom stereocenters. The summed E-state index contributed by atoms with van der Waals surface area (Å²) in [5, 5.41) is 29.4. The number of aliphatic hydroxyl groups excluding tert-OH is 3. The van der Waals surface area contributed by atoms with E-state index in [1.807, 2.05) is 0 Å². The number of ether oxygens (including phenoxy) is 1. The molecule has 3 N–H and O–H groups in total. The molecule has 0 aromatic heterocycles. The zero-order valence-corrected chi connectivity index (χ0v) is 20.0. The van der Waals surface area contributed by atoms with Crippen LogP contribution in [0.5, 0.6) is 0 Å². The number of aliphatic hydroxyl groups is 3. The molecule has 4 nitrogen and oxygen atoms in total. The molecule has 0 rings (SSSR count). The molecule has 0 spiro atoms. The second-order valence-electron chi connectivity index (χ2n) is 9.89. The Morgan fingerprint density at radius 1 is 0.552 bits per heavy atom. The highest BCUT2D eigenvalue weighted by atomic mass is 16.5. The van der Waals surface area contributed by atoms with Crippen molar-refractivity contribution in [1.82, 2.24) is 0 Å². The summed E-state index contributed by atoms with van der Waals surface area (Å²) in [6.07, 6.45) is 15.1. The van der Waals surface area contributed by atoms with E-state index in [0.29, 0.717) is 6.61 Å². The highest BCUT2D eigenvalue weighted by molar-refractivity contribution is 4.86. The first-order valence-corrected chi connectivity index (χ1v) is 12.4. The van der Waals surface area contributed by atoms with Crippen LogP contribution in [0, 0.1) is 17.3 Å². The van der Waals surface area contributed by atoms with Crippen LogP contribution in [0.2, 0.25) is 0 Å². The fourth-order valence-electron chi connectivity index (χ4n) is 3.84. The average molecular weight is 417 g/mol. The number of hydrogen-bond acceptors (Lipinski definition) is 4. The van der Waals surface area contributed by atoms with E-state index in [9.17, 15) is 15.3 Å². The summed E-state index contributed by atoms with van der Waals surface area (Å²) in [7, 11) is 0. The van der Waals surface area contributed by atoms with Gasteiger partial charge in [-0.05, 0) is 24.7 Å². The normalized spacial score (nSPS) is 13.6. The Morgan fingerprint density at radius 3 is 1.34 bits per heavy atom. The summed E-state index contributed by atoms with van der Waals surface area (Å²) in [5.41, 5.74) is -0.936. The minimum atomic E-state index is -0.936. The zero-order valence-electron chi connectivity index (χ0n) is 20.0. The Kier molecular flexibility index (Phi) is 18.5. The molecule has 0 saturated carbocycles. The van der Waals surface area contributed by atoms with Crippen LogP contribution in [0.15, 0.2) is 0 Å². The molecule has 0 aromatic carbocycles. The summed E-state index contributed by atoms with van der Waals surface area (Å²) < 4.78 is 6.10. The van der Waals surface area contributed by atoms with Crippen molar-refractivity contribution in [3.05, 3.63) is 0 Å². The zero-order chi connectivity index (χ0) is 22.0. The molecule has 0 aromatic rings. The predicted octanol–water partition coefficient (Wildman–Crippen LogP) is 5.72. The van der Waals surface area contributed by atoms with Gasteiger partial charge in [-0.2, -0.15) is 0 Å². The number of unbranched alkanes of at least 4 members (excludes halogenated alkanes) is 8. The quantitative estimate of drug-likeness (QED) is 0.209. The fraction of sp³-hybridized carbons (Fsp3) is 1.00. The van der Waals surface area contributed by atoms with Gasteiger partial charge in [0, 0.05) is 6.61 Å². The minimum Gasteiger partial charge on any atom is -0.396 e. The maximum atomic E-state index is 9.82. The molecule has 1 atom stereocenters. The van der Waals surface area contributed by atoms with E-state index in [2.05, 4.69) is 27.7 Å². The van der Waals surface area contributed by atoms with E-state index in [0.717, 1.165) is 43.9 Å². The molecule has 0 aliphatic heterocycles. The monoisotopic (exact) mass is 416 g/mol. The minimum absolute atomic E-state index is 0.242. The molecule has 0 amide bonds. The average Bonchev–Trinajstić information content (AvgIpc) is 2.69. The van der Waals surface area contributed by atoms with Gasteiger partial charge in [-0.15, -0.1) is 0 Å². The van der Waals surface area contributed by atoms with Crippen LogP contribution in [0.4, 0.5) is 0 Å². The summed E-state index contributed by atoms with van der Waals surface area (Å²) in [4.78, 5) is 0. The van der Waals surface area contributed by atoms with Gasteiger partial charge in [0.05, 0.1) is 31.3 Å². The first-order chi connectivity index (χ1) is 13.9. The van der Waals surface area contributed by atoms with Gasteiger partial charge in [-0.1, -0.05) is 98.3 Å². The van der Waals surface area contributed by atoms with Gasteiger partial charge in [0.2, 0.25) is 0 Å². The van der Waals surface area contributed by atoms with Crippen molar-refractivity contribution >= 4 is 0 Å². The van der Waals surface area contributed by atoms with Crippen molar-refractivity contribution in [3.63, 3.8) is 0 Å². The molecule has 4 heteroatoms. The van der Waals surface area contributed by atoms with E-state index in [-0.39, 0.29) is 25.9 Å². The van der Waals surface area contributed by atoms with Crippen LogP contribution in [0.3, 0.4) is 0 Å². The molecule has 0 aliphatic carbocycles. The van der Waals surface area contributed by atoms with Gasteiger partial charge in [0.15, 0.2) is 0 Å². The lowest BCUT2D eigenvalue weighted by atomic mass is 9.81. The van der Waals surface area contributed by atoms with Crippen LogP contribution < -0.4 is 0 Å². The Bertz CT molecular complexity index is 331. The van der Waals surface area contributed by atoms with Crippen LogP contribution >= 0.6 is 0 Å². The van der Waals surface area contributed by atoms with E-state index in [1.54, 1.807) is 0 Å². The van der Waals surface area contributed by atoms with Gasteiger partial charge in [-0.3, -0.25) is 0 Å².